The number of rotatable bonds is 7. The molecule has 6 nitrogen and oxygen atoms in total. The number of nitrogens with one attached hydrogen (secondary N) is 1. The SMILES string of the molecule is Cc1ccc(-c2cnc(CCC(=O)NCCc3ccc4c(c3)OCO4)o2)cc1. The number of amides is 1. The Bertz CT molecular complexity index is 963. The smallest absolute Gasteiger partial charge is 0.231 e. The van der Waals surface area contributed by atoms with E-state index in [0.29, 0.717) is 25.3 Å². The first-order valence-corrected chi connectivity index (χ1v) is 9.34. The van der Waals surface area contributed by atoms with Crippen LogP contribution in [0.4, 0.5) is 0 Å². The van der Waals surface area contributed by atoms with Crippen molar-refractivity contribution in [2.24, 2.45) is 0 Å². The number of carbonyl (C=O) groups excluding carboxylic acids is 1. The van der Waals surface area contributed by atoms with E-state index >= 15 is 0 Å². The molecule has 0 unspecified atom stereocenters. The minimum atomic E-state index is -0.0178. The highest BCUT2D eigenvalue weighted by molar-refractivity contribution is 5.76. The Kier molecular flexibility index (Phi) is 5.28. The molecule has 2 aromatic carbocycles. The van der Waals surface area contributed by atoms with Gasteiger partial charge in [-0.3, -0.25) is 4.79 Å². The van der Waals surface area contributed by atoms with E-state index in [1.807, 2.05) is 49.4 Å². The molecule has 3 aromatic rings. The van der Waals surface area contributed by atoms with Crippen LogP contribution in [0.2, 0.25) is 0 Å². The maximum absolute atomic E-state index is 12.1. The maximum Gasteiger partial charge on any atom is 0.231 e. The number of hydrogen-bond donors (Lipinski definition) is 1. The lowest BCUT2D eigenvalue weighted by Gasteiger charge is -2.05. The Labute approximate surface area is 163 Å². The molecule has 0 radical (unpaired) electrons. The highest BCUT2D eigenvalue weighted by Gasteiger charge is 2.13. The van der Waals surface area contributed by atoms with Crippen molar-refractivity contribution < 1.29 is 18.7 Å². The molecule has 0 atom stereocenters. The Morgan fingerprint density at radius 3 is 2.75 bits per heavy atom. The van der Waals surface area contributed by atoms with E-state index in [1.165, 1.54) is 5.56 Å². The summed E-state index contributed by atoms with van der Waals surface area (Å²) < 4.78 is 16.4. The molecule has 1 N–H and O–H groups in total. The van der Waals surface area contributed by atoms with Gasteiger partial charge in [0.2, 0.25) is 12.7 Å². The fourth-order valence-corrected chi connectivity index (χ4v) is 3.03. The number of carbonyl (C=O) groups is 1. The third-order valence-electron chi connectivity index (χ3n) is 4.63. The molecule has 0 saturated heterocycles. The molecule has 28 heavy (non-hydrogen) atoms. The first-order valence-electron chi connectivity index (χ1n) is 9.34. The van der Waals surface area contributed by atoms with Gasteiger partial charge in [-0.05, 0) is 31.0 Å². The Morgan fingerprint density at radius 2 is 1.89 bits per heavy atom. The van der Waals surface area contributed by atoms with Gasteiger partial charge in [-0.15, -0.1) is 0 Å². The van der Waals surface area contributed by atoms with Gasteiger partial charge in [0, 0.05) is 24.9 Å². The zero-order valence-corrected chi connectivity index (χ0v) is 15.7. The van der Waals surface area contributed by atoms with E-state index in [-0.39, 0.29) is 12.7 Å². The third kappa shape index (κ3) is 4.34. The lowest BCUT2D eigenvalue weighted by atomic mass is 10.1. The molecule has 4 rings (SSSR count). The zero-order valence-electron chi connectivity index (χ0n) is 15.7. The second kappa shape index (κ2) is 8.17. The van der Waals surface area contributed by atoms with Crippen LogP contribution in [0.5, 0.6) is 11.5 Å². The minimum absolute atomic E-state index is 0.0178. The topological polar surface area (TPSA) is 73.6 Å². The van der Waals surface area contributed by atoms with Crippen molar-refractivity contribution in [2.75, 3.05) is 13.3 Å². The summed E-state index contributed by atoms with van der Waals surface area (Å²) in [6.07, 6.45) is 3.26. The Hall–Kier alpha value is -3.28. The van der Waals surface area contributed by atoms with Crippen molar-refractivity contribution in [1.29, 1.82) is 0 Å². The quantitative estimate of drug-likeness (QED) is 0.679. The highest BCUT2D eigenvalue weighted by atomic mass is 16.7. The first-order chi connectivity index (χ1) is 13.7. The summed E-state index contributed by atoms with van der Waals surface area (Å²) in [4.78, 5) is 16.4. The number of aryl methyl sites for hydroxylation is 2. The van der Waals surface area contributed by atoms with E-state index in [0.717, 1.165) is 34.8 Å². The predicted octanol–water partition coefficient (Wildman–Crippen LogP) is 3.67. The van der Waals surface area contributed by atoms with Crippen LogP contribution in [0.25, 0.3) is 11.3 Å². The minimum Gasteiger partial charge on any atom is -0.454 e. The number of hydrogen-bond acceptors (Lipinski definition) is 5. The summed E-state index contributed by atoms with van der Waals surface area (Å²) in [6.45, 7) is 2.88. The first kappa shape index (κ1) is 18.1. The van der Waals surface area contributed by atoms with Crippen molar-refractivity contribution in [2.45, 2.75) is 26.2 Å². The van der Waals surface area contributed by atoms with Crippen LogP contribution in [0.3, 0.4) is 0 Å². The van der Waals surface area contributed by atoms with E-state index < -0.39 is 0 Å². The van der Waals surface area contributed by atoms with Crippen molar-refractivity contribution in [3.63, 3.8) is 0 Å². The molecule has 2 heterocycles. The molecule has 144 valence electrons. The highest BCUT2D eigenvalue weighted by Crippen LogP contribution is 2.32. The summed E-state index contributed by atoms with van der Waals surface area (Å²) >= 11 is 0. The number of benzene rings is 2. The van der Waals surface area contributed by atoms with Crippen LogP contribution < -0.4 is 14.8 Å². The number of fused-ring (bicyclic) bond motifs is 1. The molecule has 0 aliphatic carbocycles. The van der Waals surface area contributed by atoms with Crippen molar-refractivity contribution in [1.82, 2.24) is 10.3 Å². The molecule has 6 heteroatoms. The van der Waals surface area contributed by atoms with Crippen LogP contribution >= 0.6 is 0 Å². The van der Waals surface area contributed by atoms with Crippen LogP contribution in [0.15, 0.2) is 53.1 Å². The normalized spacial score (nSPS) is 12.2. The summed E-state index contributed by atoms with van der Waals surface area (Å²) in [5, 5.41) is 2.93. The lowest BCUT2D eigenvalue weighted by Crippen LogP contribution is -2.25. The molecule has 0 saturated carbocycles. The van der Waals surface area contributed by atoms with Gasteiger partial charge in [0.05, 0.1) is 6.20 Å². The fourth-order valence-electron chi connectivity index (χ4n) is 3.03. The van der Waals surface area contributed by atoms with Crippen molar-refractivity contribution in [3.8, 4) is 22.8 Å². The molecular weight excluding hydrogens is 356 g/mol. The van der Waals surface area contributed by atoms with E-state index in [2.05, 4.69) is 10.3 Å². The molecule has 1 aromatic heterocycles. The molecule has 0 fully saturated rings. The number of ether oxygens (including phenoxy) is 2. The number of aromatic nitrogens is 1. The van der Waals surface area contributed by atoms with Crippen molar-refractivity contribution in [3.05, 3.63) is 65.7 Å². The van der Waals surface area contributed by atoms with E-state index in [4.69, 9.17) is 13.9 Å². The average Bonchev–Trinajstić information content (AvgIpc) is 3.36. The van der Waals surface area contributed by atoms with Crippen LogP contribution in [-0.4, -0.2) is 24.2 Å². The zero-order chi connectivity index (χ0) is 19.3. The standard InChI is InChI=1S/C22H22N2O4/c1-15-2-5-17(6-3-15)20-13-24-22(28-20)9-8-21(25)23-11-10-16-4-7-18-19(12-16)27-14-26-18/h2-7,12-13H,8-11,14H2,1H3,(H,23,25). The van der Waals surface area contributed by atoms with Crippen LogP contribution in [0.1, 0.15) is 23.4 Å². The lowest BCUT2D eigenvalue weighted by molar-refractivity contribution is -0.121. The van der Waals surface area contributed by atoms with Crippen molar-refractivity contribution >= 4 is 5.91 Å². The summed E-state index contributed by atoms with van der Waals surface area (Å²) in [5.74, 6) is 2.80. The van der Waals surface area contributed by atoms with Gasteiger partial charge in [-0.1, -0.05) is 35.9 Å². The summed E-state index contributed by atoms with van der Waals surface area (Å²) in [6, 6.07) is 13.9. The monoisotopic (exact) mass is 378 g/mol. The van der Waals surface area contributed by atoms with Gasteiger partial charge >= 0.3 is 0 Å². The van der Waals surface area contributed by atoms with Gasteiger partial charge in [-0.25, -0.2) is 4.98 Å². The molecular formula is C22H22N2O4. The van der Waals surface area contributed by atoms with Gasteiger partial charge < -0.3 is 19.2 Å². The van der Waals surface area contributed by atoms with Gasteiger partial charge in [-0.2, -0.15) is 0 Å². The second-order valence-corrected chi connectivity index (χ2v) is 6.77. The van der Waals surface area contributed by atoms with Gasteiger partial charge in [0.1, 0.15) is 0 Å². The second-order valence-electron chi connectivity index (χ2n) is 6.77. The molecule has 0 bridgehead atoms. The molecule has 1 aliphatic heterocycles. The maximum atomic E-state index is 12.1. The largest absolute Gasteiger partial charge is 0.454 e. The summed E-state index contributed by atoms with van der Waals surface area (Å²) in [7, 11) is 0. The summed E-state index contributed by atoms with van der Waals surface area (Å²) in [5.41, 5.74) is 3.28. The molecule has 1 aliphatic rings. The molecule has 1 amide bonds. The average molecular weight is 378 g/mol. The predicted molar refractivity (Wildman–Crippen MR) is 104 cm³/mol. The Morgan fingerprint density at radius 1 is 1.07 bits per heavy atom. The van der Waals surface area contributed by atoms with Crippen LogP contribution in [-0.2, 0) is 17.6 Å². The van der Waals surface area contributed by atoms with Gasteiger partial charge in [0.25, 0.3) is 0 Å². The number of oxazole rings is 1. The Balaban J connectivity index is 1.22. The van der Waals surface area contributed by atoms with E-state index in [9.17, 15) is 4.79 Å². The van der Waals surface area contributed by atoms with Crippen LogP contribution in [0, 0.1) is 6.92 Å². The fraction of sp³-hybridized carbons (Fsp3) is 0.273. The number of nitrogens with zero attached hydrogens (tertiary/aromatic N) is 1. The van der Waals surface area contributed by atoms with Gasteiger partial charge in [0.15, 0.2) is 23.1 Å². The third-order valence-corrected chi connectivity index (χ3v) is 4.63. The molecule has 0 spiro atoms. The van der Waals surface area contributed by atoms with E-state index in [1.54, 1.807) is 6.20 Å².